The van der Waals surface area contributed by atoms with E-state index >= 15 is 0 Å². The molecule has 6 rings (SSSR count). The number of benzene rings is 2. The van der Waals surface area contributed by atoms with Crippen molar-refractivity contribution in [2.75, 3.05) is 4.90 Å². The van der Waals surface area contributed by atoms with Crippen LogP contribution in [0, 0.1) is 17.8 Å². The number of nitrogens with zero attached hydrogens (tertiary/aromatic N) is 1. The number of aromatic hydroxyl groups is 1. The molecule has 0 spiro atoms. The maximum atomic E-state index is 13.9. The molecule has 3 aliphatic carbocycles. The highest BCUT2D eigenvalue weighted by molar-refractivity contribution is 6.32. The van der Waals surface area contributed by atoms with E-state index in [0.717, 1.165) is 5.57 Å². The summed E-state index contributed by atoms with van der Waals surface area (Å²) < 4.78 is 0. The molecule has 0 bridgehead atoms. The minimum atomic E-state index is -0.716. The Hall–Kier alpha value is -4.10. The standard InChI is InChI=1S/C31H24ClNO6/c1-14-11-25(36)28-23(29(14)37)13-22-19(26(28)20-8-7-18(35)12-24(20)32)9-10-21-27(22)31(39)33(30(21)38)17-5-3-16(4-6-17)15(2)34/h3-9,11-12,21-22,26-27,35H,10,13H2,1-2H3/t21-,22+,26+,27-/m0/s1. The van der Waals surface area contributed by atoms with Crippen LogP contribution in [0.3, 0.4) is 0 Å². The van der Waals surface area contributed by atoms with E-state index in [-0.39, 0.29) is 46.4 Å². The van der Waals surface area contributed by atoms with Gasteiger partial charge in [-0.05, 0) is 80.6 Å². The number of Topliss-reactive ketones (excluding diaryl/α,β-unsaturated/α-hetero) is 2. The highest BCUT2D eigenvalue weighted by atomic mass is 35.5. The first-order chi connectivity index (χ1) is 18.6. The van der Waals surface area contributed by atoms with Crippen LogP contribution in [0.2, 0.25) is 5.02 Å². The van der Waals surface area contributed by atoms with Crippen LogP contribution < -0.4 is 4.90 Å². The van der Waals surface area contributed by atoms with Gasteiger partial charge in [-0.15, -0.1) is 0 Å². The second-order valence-electron chi connectivity index (χ2n) is 10.5. The average Bonchev–Trinajstić information content (AvgIpc) is 3.16. The van der Waals surface area contributed by atoms with Crippen LogP contribution in [0.1, 0.15) is 48.5 Å². The quantitative estimate of drug-likeness (QED) is 0.257. The molecule has 2 aromatic carbocycles. The van der Waals surface area contributed by atoms with Crippen LogP contribution in [-0.2, 0) is 19.2 Å². The zero-order valence-corrected chi connectivity index (χ0v) is 22.0. The summed E-state index contributed by atoms with van der Waals surface area (Å²) in [5, 5.41) is 10.2. The number of halogens is 1. The Bertz CT molecular complexity index is 1610. The predicted molar refractivity (Wildman–Crippen MR) is 143 cm³/mol. The molecule has 2 aromatic rings. The summed E-state index contributed by atoms with van der Waals surface area (Å²) in [6, 6.07) is 10.9. The fraction of sp³-hybridized carbons (Fsp3) is 0.258. The molecule has 1 N–H and O–H groups in total. The first kappa shape index (κ1) is 25.2. The summed E-state index contributed by atoms with van der Waals surface area (Å²) in [4.78, 5) is 67.0. The second-order valence-corrected chi connectivity index (χ2v) is 11.0. The van der Waals surface area contributed by atoms with Crippen LogP contribution in [-0.4, -0.2) is 34.3 Å². The van der Waals surface area contributed by atoms with Gasteiger partial charge < -0.3 is 5.11 Å². The molecular formula is C31H24ClNO6. The maximum Gasteiger partial charge on any atom is 0.238 e. The molecule has 7 nitrogen and oxygen atoms in total. The van der Waals surface area contributed by atoms with Gasteiger partial charge in [0.15, 0.2) is 17.3 Å². The van der Waals surface area contributed by atoms with Gasteiger partial charge in [-0.3, -0.25) is 28.9 Å². The smallest absolute Gasteiger partial charge is 0.238 e. The Morgan fingerprint density at radius 2 is 1.72 bits per heavy atom. The van der Waals surface area contributed by atoms with Gasteiger partial charge in [0.05, 0.1) is 17.5 Å². The minimum absolute atomic E-state index is 0.0345. The summed E-state index contributed by atoms with van der Waals surface area (Å²) in [6.07, 6.45) is 3.72. The van der Waals surface area contributed by atoms with Crippen molar-refractivity contribution in [1.82, 2.24) is 0 Å². The molecule has 1 fully saturated rings. The number of hydrogen-bond donors (Lipinski definition) is 1. The van der Waals surface area contributed by atoms with Gasteiger partial charge in [0, 0.05) is 33.2 Å². The number of rotatable bonds is 3. The van der Waals surface area contributed by atoms with Crippen molar-refractivity contribution in [3.63, 3.8) is 0 Å². The normalized spacial score (nSPS) is 26.2. The summed E-state index contributed by atoms with van der Waals surface area (Å²) >= 11 is 6.56. The van der Waals surface area contributed by atoms with Crippen LogP contribution in [0.15, 0.2) is 76.9 Å². The monoisotopic (exact) mass is 541 g/mol. The van der Waals surface area contributed by atoms with E-state index in [2.05, 4.69) is 0 Å². The Balaban J connectivity index is 1.46. The molecule has 0 saturated carbocycles. The van der Waals surface area contributed by atoms with E-state index in [1.54, 1.807) is 37.3 Å². The van der Waals surface area contributed by atoms with Crippen LogP contribution >= 0.6 is 11.6 Å². The predicted octanol–water partition coefficient (Wildman–Crippen LogP) is 4.88. The van der Waals surface area contributed by atoms with Crippen molar-refractivity contribution < 1.29 is 29.1 Å². The van der Waals surface area contributed by atoms with Crippen LogP contribution in [0.5, 0.6) is 5.75 Å². The van der Waals surface area contributed by atoms with Crippen molar-refractivity contribution in [3.8, 4) is 5.75 Å². The third kappa shape index (κ3) is 3.75. The summed E-state index contributed by atoms with van der Waals surface area (Å²) in [5.41, 5.74) is 3.22. The van der Waals surface area contributed by atoms with E-state index in [0.29, 0.717) is 40.0 Å². The van der Waals surface area contributed by atoms with Crippen molar-refractivity contribution in [3.05, 3.63) is 93.1 Å². The summed E-state index contributed by atoms with van der Waals surface area (Å²) in [6.45, 7) is 3.04. The number of carbonyl (C=O) groups excluding carboxylic acids is 5. The number of phenolic OH excluding ortho intramolecular Hbond substituents is 1. The van der Waals surface area contributed by atoms with Gasteiger partial charge in [0.25, 0.3) is 0 Å². The molecule has 196 valence electrons. The lowest BCUT2D eigenvalue weighted by atomic mass is 9.59. The third-order valence-electron chi connectivity index (χ3n) is 8.39. The number of ketones is 3. The molecule has 39 heavy (non-hydrogen) atoms. The molecule has 1 heterocycles. The number of carbonyl (C=O) groups is 5. The lowest BCUT2D eigenvalue weighted by molar-refractivity contribution is -0.123. The summed E-state index contributed by atoms with van der Waals surface area (Å²) in [5.74, 6) is -3.86. The van der Waals surface area contributed by atoms with Gasteiger partial charge in [-0.2, -0.15) is 0 Å². The molecule has 2 amide bonds. The first-order valence-electron chi connectivity index (χ1n) is 12.8. The lowest BCUT2D eigenvalue weighted by Crippen LogP contribution is -2.39. The number of fused-ring (bicyclic) bond motifs is 3. The Morgan fingerprint density at radius 3 is 2.38 bits per heavy atom. The minimum Gasteiger partial charge on any atom is -0.508 e. The van der Waals surface area contributed by atoms with E-state index in [9.17, 15) is 29.1 Å². The molecule has 0 unspecified atom stereocenters. The molecule has 8 heteroatoms. The molecule has 1 saturated heterocycles. The molecule has 0 aromatic heterocycles. The van der Waals surface area contributed by atoms with E-state index in [4.69, 9.17) is 11.6 Å². The second kappa shape index (κ2) is 8.99. The fourth-order valence-electron chi connectivity index (χ4n) is 6.59. The maximum absolute atomic E-state index is 13.9. The Morgan fingerprint density at radius 1 is 1.00 bits per heavy atom. The van der Waals surface area contributed by atoms with Gasteiger partial charge in [0.1, 0.15) is 5.75 Å². The number of amides is 2. The largest absolute Gasteiger partial charge is 0.508 e. The zero-order valence-electron chi connectivity index (χ0n) is 21.2. The molecule has 1 aliphatic heterocycles. The van der Waals surface area contributed by atoms with Crippen molar-refractivity contribution >= 4 is 46.5 Å². The third-order valence-corrected chi connectivity index (χ3v) is 8.72. The molecule has 0 radical (unpaired) electrons. The van der Waals surface area contributed by atoms with Crippen molar-refractivity contribution in [1.29, 1.82) is 0 Å². The molecular weight excluding hydrogens is 518 g/mol. The lowest BCUT2D eigenvalue weighted by Gasteiger charge is -2.42. The van der Waals surface area contributed by atoms with E-state index in [1.807, 2.05) is 6.08 Å². The van der Waals surface area contributed by atoms with Gasteiger partial charge in [0.2, 0.25) is 11.8 Å². The van der Waals surface area contributed by atoms with E-state index < -0.39 is 23.7 Å². The van der Waals surface area contributed by atoms with Crippen molar-refractivity contribution in [2.45, 2.75) is 32.6 Å². The van der Waals surface area contributed by atoms with Gasteiger partial charge >= 0.3 is 0 Å². The Labute approximate surface area is 229 Å². The van der Waals surface area contributed by atoms with Gasteiger partial charge in [-0.25, -0.2) is 0 Å². The average molecular weight is 542 g/mol. The Kier molecular flexibility index (Phi) is 5.81. The summed E-state index contributed by atoms with van der Waals surface area (Å²) in [7, 11) is 0. The van der Waals surface area contributed by atoms with E-state index in [1.165, 1.54) is 30.0 Å². The SMILES string of the molecule is CC(=O)c1ccc(N2C(=O)[C@H]3[C@H](CC=C4[C@H](c5ccc(O)cc5Cl)C5=C(C[C@H]43)C(=O)C(C)=CC5=O)C2=O)cc1. The molecule has 4 atom stereocenters. The first-order valence-corrected chi connectivity index (χ1v) is 13.1. The fourth-order valence-corrected chi connectivity index (χ4v) is 6.87. The highest BCUT2D eigenvalue weighted by Gasteiger charge is 2.56. The number of hydrogen-bond acceptors (Lipinski definition) is 6. The topological polar surface area (TPSA) is 109 Å². The molecule has 4 aliphatic rings. The number of phenols is 1. The highest BCUT2D eigenvalue weighted by Crippen LogP contribution is 2.56. The number of imide groups is 1. The number of allylic oxidation sites excluding steroid dienone is 6. The van der Waals surface area contributed by atoms with Crippen molar-refractivity contribution in [2.24, 2.45) is 17.8 Å². The van der Waals surface area contributed by atoms with Gasteiger partial charge in [-0.1, -0.05) is 29.3 Å². The number of anilines is 1. The van der Waals surface area contributed by atoms with Crippen LogP contribution in [0.4, 0.5) is 5.69 Å². The van der Waals surface area contributed by atoms with Crippen LogP contribution in [0.25, 0.3) is 0 Å². The zero-order chi connectivity index (χ0) is 27.7.